The molecule has 0 unspecified atom stereocenters. The molecule has 2 aromatic carbocycles. The highest BCUT2D eigenvalue weighted by molar-refractivity contribution is 5.58. The number of unbranched alkanes of at least 4 members (excludes halogenated alkanes) is 2. The molecule has 27 heavy (non-hydrogen) atoms. The fraction of sp³-hybridized carbons (Fsp3) is 0.273. The summed E-state index contributed by atoms with van der Waals surface area (Å²) in [4.78, 5) is 9.00. The Labute approximate surface area is 160 Å². The minimum atomic E-state index is 0.664. The summed E-state index contributed by atoms with van der Waals surface area (Å²) >= 11 is 0. The van der Waals surface area contributed by atoms with Gasteiger partial charge in [-0.05, 0) is 49.7 Å². The van der Waals surface area contributed by atoms with Gasteiger partial charge in [-0.1, -0.05) is 38.0 Å². The molecule has 5 nitrogen and oxygen atoms in total. The van der Waals surface area contributed by atoms with Crippen molar-refractivity contribution in [1.82, 2.24) is 9.97 Å². The average molecular weight is 362 g/mol. The van der Waals surface area contributed by atoms with Crippen molar-refractivity contribution in [3.05, 3.63) is 66.4 Å². The Kier molecular flexibility index (Phi) is 6.63. The van der Waals surface area contributed by atoms with Gasteiger partial charge in [-0.3, -0.25) is 0 Å². The molecular weight excluding hydrogens is 336 g/mol. The second kappa shape index (κ2) is 9.57. The van der Waals surface area contributed by atoms with E-state index < -0.39 is 0 Å². The SMILES string of the molecule is CCCCCNc1nc(C)cc(Nc2ccc(Oc3ccccc3)cc2)n1. The fourth-order valence-corrected chi connectivity index (χ4v) is 2.67. The highest BCUT2D eigenvalue weighted by Crippen LogP contribution is 2.24. The van der Waals surface area contributed by atoms with Crippen LogP contribution >= 0.6 is 0 Å². The number of anilines is 3. The van der Waals surface area contributed by atoms with Crippen LogP contribution in [0.25, 0.3) is 0 Å². The smallest absolute Gasteiger partial charge is 0.224 e. The molecule has 0 aliphatic carbocycles. The Balaban J connectivity index is 1.61. The first-order valence-corrected chi connectivity index (χ1v) is 9.42. The molecule has 1 aromatic heterocycles. The predicted octanol–water partition coefficient (Wildman–Crippen LogP) is 5.92. The van der Waals surface area contributed by atoms with Crippen LogP contribution in [0.15, 0.2) is 60.7 Å². The number of para-hydroxylation sites is 1. The van der Waals surface area contributed by atoms with Crippen LogP contribution in [0.4, 0.5) is 17.5 Å². The van der Waals surface area contributed by atoms with E-state index in [1.54, 1.807) is 0 Å². The maximum Gasteiger partial charge on any atom is 0.224 e. The summed E-state index contributed by atoms with van der Waals surface area (Å²) in [5, 5.41) is 6.63. The summed E-state index contributed by atoms with van der Waals surface area (Å²) in [5.74, 6) is 3.06. The van der Waals surface area contributed by atoms with Crippen LogP contribution in [-0.4, -0.2) is 16.5 Å². The van der Waals surface area contributed by atoms with E-state index in [0.29, 0.717) is 5.95 Å². The first-order chi connectivity index (χ1) is 13.2. The van der Waals surface area contributed by atoms with Gasteiger partial charge in [0.25, 0.3) is 0 Å². The highest BCUT2D eigenvalue weighted by atomic mass is 16.5. The number of hydrogen-bond donors (Lipinski definition) is 2. The summed E-state index contributed by atoms with van der Waals surface area (Å²) in [5.41, 5.74) is 1.87. The van der Waals surface area contributed by atoms with Crippen molar-refractivity contribution in [3.63, 3.8) is 0 Å². The van der Waals surface area contributed by atoms with Crippen LogP contribution < -0.4 is 15.4 Å². The van der Waals surface area contributed by atoms with Crippen LogP contribution in [0, 0.1) is 6.92 Å². The monoisotopic (exact) mass is 362 g/mol. The lowest BCUT2D eigenvalue weighted by Gasteiger charge is -2.11. The zero-order valence-electron chi connectivity index (χ0n) is 15.9. The number of benzene rings is 2. The third-order valence-electron chi connectivity index (χ3n) is 4.02. The van der Waals surface area contributed by atoms with Crippen molar-refractivity contribution in [3.8, 4) is 11.5 Å². The zero-order chi connectivity index (χ0) is 18.9. The van der Waals surface area contributed by atoms with Crippen LogP contribution in [0.5, 0.6) is 11.5 Å². The summed E-state index contributed by atoms with van der Waals surface area (Å²) < 4.78 is 5.82. The Morgan fingerprint density at radius 3 is 2.37 bits per heavy atom. The molecule has 3 aromatic rings. The summed E-state index contributed by atoms with van der Waals surface area (Å²) in [7, 11) is 0. The fourth-order valence-electron chi connectivity index (χ4n) is 2.67. The number of aryl methyl sites for hydroxylation is 1. The second-order valence-electron chi connectivity index (χ2n) is 6.42. The molecule has 0 spiro atoms. The summed E-state index contributed by atoms with van der Waals surface area (Å²) in [6.45, 7) is 5.06. The predicted molar refractivity (Wildman–Crippen MR) is 111 cm³/mol. The van der Waals surface area contributed by atoms with E-state index in [9.17, 15) is 0 Å². The number of nitrogens with one attached hydrogen (secondary N) is 2. The highest BCUT2D eigenvalue weighted by Gasteiger charge is 2.03. The molecule has 0 amide bonds. The van der Waals surface area contributed by atoms with Gasteiger partial charge in [0.2, 0.25) is 5.95 Å². The lowest BCUT2D eigenvalue weighted by Crippen LogP contribution is -2.07. The molecule has 0 saturated heterocycles. The number of rotatable bonds is 9. The molecule has 1 heterocycles. The number of ether oxygens (including phenoxy) is 1. The van der Waals surface area contributed by atoms with Gasteiger partial charge in [-0.2, -0.15) is 4.98 Å². The topological polar surface area (TPSA) is 59.1 Å². The number of hydrogen-bond acceptors (Lipinski definition) is 5. The first kappa shape index (κ1) is 18.7. The standard InChI is InChI=1S/C22H26N4O/c1-3-4-8-15-23-22-24-17(2)16-21(26-22)25-18-11-13-20(14-12-18)27-19-9-6-5-7-10-19/h5-7,9-14,16H,3-4,8,15H2,1-2H3,(H2,23,24,25,26). The Bertz CT molecular complexity index is 835. The largest absolute Gasteiger partial charge is 0.457 e. The maximum absolute atomic E-state index is 5.82. The number of aromatic nitrogens is 2. The maximum atomic E-state index is 5.82. The molecule has 0 aliphatic heterocycles. The van der Waals surface area contributed by atoms with Gasteiger partial charge in [0.1, 0.15) is 17.3 Å². The van der Waals surface area contributed by atoms with Crippen molar-refractivity contribution in [1.29, 1.82) is 0 Å². The van der Waals surface area contributed by atoms with E-state index in [1.807, 2.05) is 67.6 Å². The molecule has 0 aliphatic rings. The molecule has 5 heteroatoms. The minimum absolute atomic E-state index is 0.664. The Morgan fingerprint density at radius 1 is 0.889 bits per heavy atom. The van der Waals surface area contributed by atoms with E-state index in [-0.39, 0.29) is 0 Å². The van der Waals surface area contributed by atoms with Crippen molar-refractivity contribution in [2.45, 2.75) is 33.1 Å². The molecular formula is C22H26N4O. The van der Waals surface area contributed by atoms with E-state index in [2.05, 4.69) is 27.5 Å². The van der Waals surface area contributed by atoms with E-state index in [0.717, 1.165) is 41.7 Å². The third kappa shape index (κ3) is 5.99. The summed E-state index contributed by atoms with van der Waals surface area (Å²) in [6, 6.07) is 19.5. The van der Waals surface area contributed by atoms with Gasteiger partial charge in [-0.15, -0.1) is 0 Å². The van der Waals surface area contributed by atoms with Gasteiger partial charge in [0.15, 0.2) is 0 Å². The second-order valence-corrected chi connectivity index (χ2v) is 6.42. The van der Waals surface area contributed by atoms with E-state index in [4.69, 9.17) is 4.74 Å². The normalized spacial score (nSPS) is 10.4. The molecule has 0 radical (unpaired) electrons. The lowest BCUT2D eigenvalue weighted by atomic mass is 10.2. The number of nitrogens with zero attached hydrogens (tertiary/aromatic N) is 2. The van der Waals surface area contributed by atoms with Gasteiger partial charge >= 0.3 is 0 Å². The van der Waals surface area contributed by atoms with E-state index >= 15 is 0 Å². The molecule has 3 rings (SSSR count). The molecule has 0 fully saturated rings. The Hall–Kier alpha value is -3.08. The molecule has 0 saturated carbocycles. The van der Waals surface area contributed by atoms with Gasteiger partial charge in [0.05, 0.1) is 0 Å². The van der Waals surface area contributed by atoms with Gasteiger partial charge < -0.3 is 15.4 Å². The third-order valence-corrected chi connectivity index (χ3v) is 4.02. The van der Waals surface area contributed by atoms with Crippen molar-refractivity contribution in [2.75, 3.05) is 17.2 Å². The quantitative estimate of drug-likeness (QED) is 0.462. The first-order valence-electron chi connectivity index (χ1n) is 9.42. The molecule has 2 N–H and O–H groups in total. The van der Waals surface area contributed by atoms with E-state index in [1.165, 1.54) is 12.8 Å². The van der Waals surface area contributed by atoms with Crippen LogP contribution in [0.2, 0.25) is 0 Å². The van der Waals surface area contributed by atoms with Crippen LogP contribution in [-0.2, 0) is 0 Å². The van der Waals surface area contributed by atoms with Crippen molar-refractivity contribution in [2.24, 2.45) is 0 Å². The van der Waals surface area contributed by atoms with Crippen molar-refractivity contribution < 1.29 is 4.74 Å². The molecule has 140 valence electrons. The van der Waals surface area contributed by atoms with Crippen LogP contribution in [0.1, 0.15) is 31.9 Å². The van der Waals surface area contributed by atoms with Gasteiger partial charge in [0, 0.05) is 24.0 Å². The summed E-state index contributed by atoms with van der Waals surface area (Å²) in [6.07, 6.45) is 3.54. The zero-order valence-corrected chi connectivity index (χ0v) is 15.9. The lowest BCUT2D eigenvalue weighted by molar-refractivity contribution is 0.483. The van der Waals surface area contributed by atoms with Gasteiger partial charge in [-0.25, -0.2) is 4.98 Å². The van der Waals surface area contributed by atoms with Crippen LogP contribution in [0.3, 0.4) is 0 Å². The van der Waals surface area contributed by atoms with Crippen molar-refractivity contribution >= 4 is 17.5 Å². The Morgan fingerprint density at radius 2 is 1.63 bits per heavy atom. The molecule has 0 bridgehead atoms. The molecule has 0 atom stereocenters. The average Bonchev–Trinajstić information content (AvgIpc) is 2.67. The minimum Gasteiger partial charge on any atom is -0.457 e.